The van der Waals surface area contributed by atoms with Crippen molar-refractivity contribution in [2.75, 3.05) is 32.9 Å². The van der Waals surface area contributed by atoms with Crippen molar-refractivity contribution in [2.45, 2.75) is 25.3 Å². The van der Waals surface area contributed by atoms with Gasteiger partial charge < -0.3 is 24.8 Å². The lowest BCUT2D eigenvalue weighted by Crippen LogP contribution is -2.39. The number of phenols is 1. The van der Waals surface area contributed by atoms with Crippen LogP contribution in [0.4, 0.5) is 0 Å². The molecule has 1 heterocycles. The van der Waals surface area contributed by atoms with Crippen molar-refractivity contribution in [2.24, 2.45) is 5.92 Å². The normalized spacial score (nSPS) is 19.2. The van der Waals surface area contributed by atoms with Crippen LogP contribution < -0.4 is 4.74 Å². The summed E-state index contributed by atoms with van der Waals surface area (Å²) in [4.78, 5) is 20.7. The Labute approximate surface area is 187 Å². The number of para-hydroxylation sites is 1. The summed E-state index contributed by atoms with van der Waals surface area (Å²) >= 11 is 0. The molecule has 0 radical (unpaired) electrons. The number of carboxylic acid groups (broad SMARTS) is 2. The fourth-order valence-electron chi connectivity index (χ4n) is 4.36. The molecule has 0 spiro atoms. The number of benzene rings is 2. The van der Waals surface area contributed by atoms with Gasteiger partial charge in [-0.05, 0) is 61.1 Å². The van der Waals surface area contributed by atoms with Crippen molar-refractivity contribution in [1.82, 2.24) is 4.90 Å². The molecule has 172 valence electrons. The van der Waals surface area contributed by atoms with Gasteiger partial charge in [0.1, 0.15) is 18.1 Å². The number of aliphatic carboxylic acids is 2. The zero-order valence-corrected chi connectivity index (χ0v) is 17.9. The summed E-state index contributed by atoms with van der Waals surface area (Å²) in [6, 6.07) is 16.3. The molecule has 2 atom stereocenters. The number of nitrogens with zero attached hydrogens (tertiary/aromatic N) is 1. The number of rotatable bonds is 7. The van der Waals surface area contributed by atoms with E-state index in [1.807, 2.05) is 42.5 Å². The monoisotopic (exact) mass is 443 g/mol. The highest BCUT2D eigenvalue weighted by molar-refractivity contribution is 6.27. The van der Waals surface area contributed by atoms with Gasteiger partial charge in [0.2, 0.25) is 0 Å². The Morgan fingerprint density at radius 3 is 2.41 bits per heavy atom. The third-order valence-electron chi connectivity index (χ3n) is 5.89. The van der Waals surface area contributed by atoms with Crippen molar-refractivity contribution in [3.63, 3.8) is 0 Å². The van der Waals surface area contributed by atoms with Crippen LogP contribution in [0.5, 0.6) is 11.5 Å². The molecular formula is C24H29NO7. The summed E-state index contributed by atoms with van der Waals surface area (Å²) in [6.07, 6.45) is 3.30. The van der Waals surface area contributed by atoms with Crippen LogP contribution in [0.15, 0.2) is 48.5 Å². The van der Waals surface area contributed by atoms with Gasteiger partial charge in [-0.2, -0.15) is 0 Å². The van der Waals surface area contributed by atoms with Crippen LogP contribution in [-0.4, -0.2) is 71.1 Å². The standard InChI is InChI=1S/C22H27NO3.C2H2O4/c24-22-8-4-5-17-15-18-9-10-23(21(18)16-20(17)22)11-12-25-13-14-26-19-6-2-1-3-7-19;3-1(4)2(5)6/h1-8,18,21,24H,9-16H2;(H,3,4)(H,5,6)/t18-,21-;/m0./s1. The van der Waals surface area contributed by atoms with E-state index in [0.29, 0.717) is 30.9 Å². The molecule has 8 heteroatoms. The molecule has 0 unspecified atom stereocenters. The first-order valence-corrected chi connectivity index (χ1v) is 10.7. The topological polar surface area (TPSA) is 117 Å². The second-order valence-electron chi connectivity index (χ2n) is 7.86. The zero-order chi connectivity index (χ0) is 22.9. The van der Waals surface area contributed by atoms with E-state index in [0.717, 1.165) is 43.9 Å². The van der Waals surface area contributed by atoms with Crippen LogP contribution in [0.25, 0.3) is 0 Å². The molecule has 8 nitrogen and oxygen atoms in total. The average Bonchev–Trinajstić information content (AvgIpc) is 3.18. The SMILES string of the molecule is O=C(O)C(=O)O.Oc1cccc2c1C[C@H]1[C@@H](CCN1CCOCCOc1ccccc1)C2. The van der Waals surface area contributed by atoms with Crippen molar-refractivity contribution < 1.29 is 34.4 Å². The van der Waals surface area contributed by atoms with Gasteiger partial charge in [0, 0.05) is 12.6 Å². The first kappa shape index (κ1) is 23.6. The highest BCUT2D eigenvalue weighted by Gasteiger charge is 2.38. The number of phenolic OH excluding ortho intramolecular Hbond substituents is 1. The summed E-state index contributed by atoms with van der Waals surface area (Å²) in [5.41, 5.74) is 2.49. The Hall–Kier alpha value is -3.10. The fourth-order valence-corrected chi connectivity index (χ4v) is 4.36. The molecule has 1 fully saturated rings. The Balaban J connectivity index is 0.000000427. The third-order valence-corrected chi connectivity index (χ3v) is 5.89. The van der Waals surface area contributed by atoms with E-state index >= 15 is 0 Å². The Kier molecular flexibility index (Phi) is 8.47. The smallest absolute Gasteiger partial charge is 0.414 e. The van der Waals surface area contributed by atoms with E-state index in [1.54, 1.807) is 0 Å². The van der Waals surface area contributed by atoms with Crippen LogP contribution >= 0.6 is 0 Å². The van der Waals surface area contributed by atoms with Crippen LogP contribution in [0, 0.1) is 5.92 Å². The van der Waals surface area contributed by atoms with Crippen LogP contribution in [0.1, 0.15) is 17.5 Å². The molecule has 1 aliphatic carbocycles. The number of ether oxygens (including phenoxy) is 2. The quantitative estimate of drug-likeness (QED) is 0.441. The third kappa shape index (κ3) is 6.45. The molecule has 0 aromatic heterocycles. The summed E-state index contributed by atoms with van der Waals surface area (Å²) in [7, 11) is 0. The Bertz CT molecular complexity index is 890. The van der Waals surface area contributed by atoms with Crippen molar-refractivity contribution in [3.05, 3.63) is 59.7 Å². The number of likely N-dealkylation sites (tertiary alicyclic amines) is 1. The van der Waals surface area contributed by atoms with Crippen molar-refractivity contribution in [3.8, 4) is 11.5 Å². The van der Waals surface area contributed by atoms with Crippen LogP contribution in [0.3, 0.4) is 0 Å². The van der Waals surface area contributed by atoms with Gasteiger partial charge >= 0.3 is 11.9 Å². The van der Waals surface area contributed by atoms with E-state index in [4.69, 9.17) is 29.3 Å². The second kappa shape index (κ2) is 11.5. The maximum absolute atomic E-state index is 10.2. The number of aromatic hydroxyl groups is 1. The lowest BCUT2D eigenvalue weighted by Gasteiger charge is -2.33. The Morgan fingerprint density at radius 2 is 1.69 bits per heavy atom. The first-order valence-electron chi connectivity index (χ1n) is 10.7. The minimum Gasteiger partial charge on any atom is -0.508 e. The lowest BCUT2D eigenvalue weighted by atomic mass is 9.80. The number of carboxylic acids is 2. The van der Waals surface area contributed by atoms with Crippen LogP contribution in [-0.2, 0) is 27.2 Å². The second-order valence-corrected chi connectivity index (χ2v) is 7.86. The van der Waals surface area contributed by atoms with E-state index in [2.05, 4.69) is 11.0 Å². The molecule has 0 amide bonds. The summed E-state index contributed by atoms with van der Waals surface area (Å²) in [5.74, 6) is -1.59. The van der Waals surface area contributed by atoms with Gasteiger partial charge in [-0.1, -0.05) is 30.3 Å². The predicted molar refractivity (Wildman–Crippen MR) is 117 cm³/mol. The van der Waals surface area contributed by atoms with E-state index in [-0.39, 0.29) is 0 Å². The first-order chi connectivity index (χ1) is 15.5. The van der Waals surface area contributed by atoms with Crippen molar-refractivity contribution in [1.29, 1.82) is 0 Å². The van der Waals surface area contributed by atoms with Gasteiger partial charge in [-0.15, -0.1) is 0 Å². The van der Waals surface area contributed by atoms with E-state index in [9.17, 15) is 5.11 Å². The molecule has 2 aromatic rings. The van der Waals surface area contributed by atoms with Crippen LogP contribution in [0.2, 0.25) is 0 Å². The molecule has 0 saturated carbocycles. The van der Waals surface area contributed by atoms with Gasteiger partial charge in [-0.3, -0.25) is 4.90 Å². The average molecular weight is 443 g/mol. The highest BCUT2D eigenvalue weighted by Crippen LogP contribution is 2.38. The Morgan fingerprint density at radius 1 is 0.938 bits per heavy atom. The largest absolute Gasteiger partial charge is 0.508 e. The number of hydrogen-bond acceptors (Lipinski definition) is 6. The maximum atomic E-state index is 10.2. The maximum Gasteiger partial charge on any atom is 0.414 e. The summed E-state index contributed by atoms with van der Waals surface area (Å²) < 4.78 is 11.4. The molecule has 4 rings (SSSR count). The van der Waals surface area contributed by atoms with Gasteiger partial charge in [-0.25, -0.2) is 9.59 Å². The summed E-state index contributed by atoms with van der Waals surface area (Å²) in [6.45, 7) is 4.01. The molecule has 3 N–H and O–H groups in total. The van der Waals surface area contributed by atoms with E-state index in [1.165, 1.54) is 12.0 Å². The molecule has 2 aromatic carbocycles. The molecule has 0 bridgehead atoms. The molecule has 32 heavy (non-hydrogen) atoms. The number of carbonyl (C=O) groups is 2. The minimum absolute atomic E-state index is 0.460. The predicted octanol–water partition coefficient (Wildman–Crippen LogP) is 2.43. The van der Waals surface area contributed by atoms with Gasteiger partial charge in [0.25, 0.3) is 0 Å². The van der Waals surface area contributed by atoms with E-state index < -0.39 is 11.9 Å². The minimum atomic E-state index is -1.82. The molecule has 1 saturated heterocycles. The molecular weight excluding hydrogens is 414 g/mol. The molecule has 1 aliphatic heterocycles. The van der Waals surface area contributed by atoms with Gasteiger partial charge in [0.05, 0.1) is 13.2 Å². The lowest BCUT2D eigenvalue weighted by molar-refractivity contribution is -0.159. The summed E-state index contributed by atoms with van der Waals surface area (Å²) in [5, 5.41) is 25.0. The number of fused-ring (bicyclic) bond motifs is 2. The fraction of sp³-hybridized carbons (Fsp3) is 0.417. The van der Waals surface area contributed by atoms with Crippen molar-refractivity contribution >= 4 is 11.9 Å². The van der Waals surface area contributed by atoms with Gasteiger partial charge in [0.15, 0.2) is 0 Å². The number of hydrogen-bond donors (Lipinski definition) is 3. The molecule has 2 aliphatic rings. The zero-order valence-electron chi connectivity index (χ0n) is 17.9. The highest BCUT2D eigenvalue weighted by atomic mass is 16.5.